The second-order valence-corrected chi connectivity index (χ2v) is 4.42. The molecule has 1 aromatic heterocycles. The van der Waals surface area contributed by atoms with E-state index in [4.69, 9.17) is 0 Å². The number of aromatic nitrogens is 2. The minimum Gasteiger partial charge on any atom is -0.336 e. The fraction of sp³-hybridized carbons (Fsp3) is 0.167. The van der Waals surface area contributed by atoms with Crippen molar-refractivity contribution in [2.24, 2.45) is 0 Å². The number of benzene rings is 1. The number of carbonyl (C=O) groups excluding carboxylic acids is 1. The van der Waals surface area contributed by atoms with Crippen LogP contribution in [0.15, 0.2) is 49.1 Å². The number of carbonyl (C=O) groups is 1. The molecular formula is C12H12N2OS. The summed E-state index contributed by atoms with van der Waals surface area (Å²) in [6.07, 6.45) is 5.41. The molecule has 0 aliphatic carbocycles. The summed E-state index contributed by atoms with van der Waals surface area (Å²) >= 11 is 1.30. The van der Waals surface area contributed by atoms with Crippen molar-refractivity contribution in [1.82, 2.24) is 9.55 Å². The van der Waals surface area contributed by atoms with Crippen molar-refractivity contribution in [2.75, 3.05) is 0 Å². The standard InChI is InChI=1S/C12H12N2OS/c15-10-16-12(8-14-7-6-13-9-14)11-4-2-1-3-5-11/h1-7,9-10,12H,8H2. The summed E-state index contributed by atoms with van der Waals surface area (Å²) in [6.45, 7) is 0.757. The number of nitrogens with zero attached hydrogens (tertiary/aromatic N) is 2. The first kappa shape index (κ1) is 11.0. The Labute approximate surface area is 98.5 Å². The van der Waals surface area contributed by atoms with Crippen LogP contribution in [-0.4, -0.2) is 15.2 Å². The van der Waals surface area contributed by atoms with Gasteiger partial charge in [0.15, 0.2) is 5.62 Å². The lowest BCUT2D eigenvalue weighted by Crippen LogP contribution is -2.04. The summed E-state index contributed by atoms with van der Waals surface area (Å²) in [6, 6.07) is 10.0. The van der Waals surface area contributed by atoms with Crippen molar-refractivity contribution in [3.8, 4) is 0 Å². The summed E-state index contributed by atoms with van der Waals surface area (Å²) in [5.74, 6) is 0. The Morgan fingerprint density at radius 3 is 2.81 bits per heavy atom. The number of hydrogen-bond acceptors (Lipinski definition) is 3. The van der Waals surface area contributed by atoms with Crippen LogP contribution in [0, 0.1) is 0 Å². The zero-order valence-electron chi connectivity index (χ0n) is 8.69. The smallest absolute Gasteiger partial charge is 0.176 e. The van der Waals surface area contributed by atoms with Gasteiger partial charge in [-0.15, -0.1) is 0 Å². The van der Waals surface area contributed by atoms with Gasteiger partial charge in [0.25, 0.3) is 0 Å². The molecule has 4 heteroatoms. The van der Waals surface area contributed by atoms with E-state index in [1.165, 1.54) is 11.8 Å². The normalized spacial score (nSPS) is 12.2. The highest BCUT2D eigenvalue weighted by Gasteiger charge is 2.11. The average Bonchev–Trinajstić information content (AvgIpc) is 2.83. The molecule has 0 radical (unpaired) electrons. The van der Waals surface area contributed by atoms with Crippen molar-refractivity contribution in [3.63, 3.8) is 0 Å². The number of rotatable bonds is 5. The van der Waals surface area contributed by atoms with Gasteiger partial charge in [-0.2, -0.15) is 0 Å². The molecule has 0 N–H and O–H groups in total. The Morgan fingerprint density at radius 2 is 2.19 bits per heavy atom. The molecular weight excluding hydrogens is 220 g/mol. The van der Waals surface area contributed by atoms with Crippen molar-refractivity contribution in [3.05, 3.63) is 54.6 Å². The van der Waals surface area contributed by atoms with Gasteiger partial charge >= 0.3 is 0 Å². The van der Waals surface area contributed by atoms with E-state index in [1.807, 2.05) is 41.1 Å². The van der Waals surface area contributed by atoms with E-state index in [1.54, 1.807) is 12.5 Å². The third-order valence-corrected chi connectivity index (χ3v) is 3.19. The lowest BCUT2D eigenvalue weighted by atomic mass is 10.1. The van der Waals surface area contributed by atoms with Crippen molar-refractivity contribution in [2.45, 2.75) is 11.8 Å². The molecule has 1 aromatic carbocycles. The summed E-state index contributed by atoms with van der Waals surface area (Å²) in [5, 5.41) is 0.146. The fourth-order valence-electron chi connectivity index (χ4n) is 1.55. The van der Waals surface area contributed by atoms with Crippen LogP contribution in [0.25, 0.3) is 0 Å². The van der Waals surface area contributed by atoms with Crippen LogP contribution in [0.1, 0.15) is 10.8 Å². The van der Waals surface area contributed by atoms with E-state index in [0.717, 1.165) is 17.7 Å². The number of thioether (sulfide) groups is 1. The van der Waals surface area contributed by atoms with Gasteiger partial charge in [0, 0.05) is 18.9 Å². The topological polar surface area (TPSA) is 34.9 Å². The van der Waals surface area contributed by atoms with Crippen molar-refractivity contribution < 1.29 is 4.79 Å². The number of hydrogen-bond donors (Lipinski definition) is 0. The summed E-state index contributed by atoms with van der Waals surface area (Å²) in [4.78, 5) is 14.6. The largest absolute Gasteiger partial charge is 0.336 e. The van der Waals surface area contributed by atoms with Gasteiger partial charge in [-0.3, -0.25) is 4.79 Å². The first-order valence-corrected chi connectivity index (χ1v) is 5.94. The minimum absolute atomic E-state index is 0.146. The van der Waals surface area contributed by atoms with E-state index < -0.39 is 0 Å². The lowest BCUT2D eigenvalue weighted by molar-refractivity contribution is 0.569. The number of imidazole rings is 1. The van der Waals surface area contributed by atoms with Crippen LogP contribution in [0.2, 0.25) is 0 Å². The van der Waals surface area contributed by atoms with Gasteiger partial charge < -0.3 is 4.57 Å². The van der Waals surface area contributed by atoms with Gasteiger partial charge in [0.1, 0.15) is 0 Å². The first-order valence-electron chi connectivity index (χ1n) is 5.00. The summed E-state index contributed by atoms with van der Waals surface area (Å²) in [7, 11) is 0. The highest BCUT2D eigenvalue weighted by molar-refractivity contribution is 8.12. The zero-order chi connectivity index (χ0) is 11.2. The third kappa shape index (κ3) is 2.73. The van der Waals surface area contributed by atoms with Crippen LogP contribution >= 0.6 is 11.8 Å². The molecule has 0 saturated heterocycles. The lowest BCUT2D eigenvalue weighted by Gasteiger charge is -2.14. The Balaban J connectivity index is 2.14. The first-order chi connectivity index (χ1) is 7.90. The molecule has 0 aliphatic heterocycles. The average molecular weight is 232 g/mol. The molecule has 0 fully saturated rings. The molecule has 0 aliphatic rings. The van der Waals surface area contributed by atoms with E-state index in [2.05, 4.69) is 4.98 Å². The maximum absolute atomic E-state index is 10.7. The van der Waals surface area contributed by atoms with Crippen LogP contribution < -0.4 is 0 Å². The Kier molecular flexibility index (Phi) is 3.77. The predicted molar refractivity (Wildman–Crippen MR) is 65.8 cm³/mol. The fourth-order valence-corrected chi connectivity index (χ4v) is 2.25. The maximum Gasteiger partial charge on any atom is 0.176 e. The molecule has 2 aromatic rings. The SMILES string of the molecule is O=CSC(Cn1ccnc1)c1ccccc1. The third-order valence-electron chi connectivity index (χ3n) is 2.33. The molecule has 82 valence electrons. The van der Waals surface area contributed by atoms with Gasteiger partial charge in [0.2, 0.25) is 0 Å². The van der Waals surface area contributed by atoms with Gasteiger partial charge in [-0.1, -0.05) is 42.1 Å². The van der Waals surface area contributed by atoms with E-state index >= 15 is 0 Å². The van der Waals surface area contributed by atoms with Crippen LogP contribution in [0.4, 0.5) is 0 Å². The molecule has 3 nitrogen and oxygen atoms in total. The minimum atomic E-state index is 0.146. The molecule has 1 atom stereocenters. The highest BCUT2D eigenvalue weighted by Crippen LogP contribution is 2.28. The molecule has 0 saturated carbocycles. The van der Waals surface area contributed by atoms with Crippen molar-refractivity contribution in [1.29, 1.82) is 0 Å². The molecule has 1 unspecified atom stereocenters. The molecule has 2 rings (SSSR count). The Hall–Kier alpha value is -1.55. The van der Waals surface area contributed by atoms with Gasteiger partial charge in [-0.05, 0) is 5.56 Å². The monoisotopic (exact) mass is 232 g/mol. The summed E-state index contributed by atoms with van der Waals surface area (Å²) in [5.41, 5.74) is 2.06. The molecule has 0 bridgehead atoms. The quantitative estimate of drug-likeness (QED) is 0.743. The zero-order valence-corrected chi connectivity index (χ0v) is 9.51. The Morgan fingerprint density at radius 1 is 1.38 bits per heavy atom. The molecule has 0 spiro atoms. The maximum atomic E-state index is 10.7. The second kappa shape index (κ2) is 5.51. The van der Waals surface area contributed by atoms with Gasteiger partial charge in [-0.25, -0.2) is 4.98 Å². The van der Waals surface area contributed by atoms with Crippen LogP contribution in [-0.2, 0) is 11.3 Å². The molecule has 0 amide bonds. The van der Waals surface area contributed by atoms with Gasteiger partial charge in [0.05, 0.1) is 11.6 Å². The van der Waals surface area contributed by atoms with Crippen LogP contribution in [0.5, 0.6) is 0 Å². The molecule has 1 heterocycles. The summed E-state index contributed by atoms with van der Waals surface area (Å²) < 4.78 is 1.98. The predicted octanol–water partition coefficient (Wildman–Crippen LogP) is 2.55. The van der Waals surface area contributed by atoms with E-state index in [-0.39, 0.29) is 5.25 Å². The second-order valence-electron chi connectivity index (χ2n) is 3.39. The Bertz CT molecular complexity index is 428. The van der Waals surface area contributed by atoms with E-state index in [9.17, 15) is 4.79 Å². The van der Waals surface area contributed by atoms with E-state index in [0.29, 0.717) is 0 Å². The van der Waals surface area contributed by atoms with Crippen LogP contribution in [0.3, 0.4) is 0 Å². The highest BCUT2D eigenvalue weighted by atomic mass is 32.2. The molecule has 16 heavy (non-hydrogen) atoms. The van der Waals surface area contributed by atoms with Crippen molar-refractivity contribution >= 4 is 17.4 Å².